The molecule has 38 heavy (non-hydrogen) atoms. The number of oxime groups is 1. The molecule has 1 aromatic heterocycles. The third-order valence-electron chi connectivity index (χ3n) is 5.77. The molecular weight excluding hydrogens is 509 g/mol. The fourth-order valence-electron chi connectivity index (χ4n) is 3.94. The van der Waals surface area contributed by atoms with Crippen LogP contribution in [0.25, 0.3) is 6.08 Å². The second-order valence-corrected chi connectivity index (χ2v) is 8.46. The molecule has 1 aliphatic heterocycles. The van der Waals surface area contributed by atoms with Crippen LogP contribution in [0, 0.1) is 0 Å². The molecule has 1 aromatic carbocycles. The van der Waals surface area contributed by atoms with Crippen LogP contribution in [-0.2, 0) is 23.8 Å². The van der Waals surface area contributed by atoms with Gasteiger partial charge in [0, 0.05) is 52.0 Å². The maximum absolute atomic E-state index is 12.4. The summed E-state index contributed by atoms with van der Waals surface area (Å²) in [5.74, 6) is 0.0506. The van der Waals surface area contributed by atoms with Crippen LogP contribution in [0.2, 0.25) is 0 Å². The number of anilines is 2. The summed E-state index contributed by atoms with van der Waals surface area (Å²) in [6.07, 6.45) is -0.551. The number of halogens is 3. The number of methoxy groups -OCH3 is 3. The molecule has 0 N–H and O–H groups in total. The lowest BCUT2D eigenvalue weighted by Gasteiger charge is -2.42. The summed E-state index contributed by atoms with van der Waals surface area (Å²) >= 11 is 0. The summed E-state index contributed by atoms with van der Waals surface area (Å²) < 4.78 is 63.3. The molecule has 3 rings (SSSR count). The van der Waals surface area contributed by atoms with Crippen molar-refractivity contribution in [2.45, 2.75) is 50.9 Å². The van der Waals surface area contributed by atoms with Gasteiger partial charge in [0.25, 0.3) is 6.29 Å². The van der Waals surface area contributed by atoms with Crippen LogP contribution in [0.15, 0.2) is 47.4 Å². The van der Waals surface area contributed by atoms with Crippen molar-refractivity contribution >= 4 is 23.9 Å². The number of allylic oxidation sites excluding steroid dienone is 1. The Hall–Kier alpha value is -3.26. The lowest BCUT2D eigenvalue weighted by Crippen LogP contribution is -2.59. The summed E-state index contributed by atoms with van der Waals surface area (Å²) in [5.41, 5.74) is 2.05. The van der Waals surface area contributed by atoms with Gasteiger partial charge in [-0.05, 0) is 49.8 Å². The molecule has 0 spiro atoms. The van der Waals surface area contributed by atoms with Gasteiger partial charge >= 0.3 is 6.36 Å². The first-order chi connectivity index (χ1) is 18.1. The first-order valence-electron chi connectivity index (χ1n) is 11.6. The molecule has 5 atom stereocenters. The van der Waals surface area contributed by atoms with Gasteiger partial charge in [0.1, 0.15) is 18.0 Å². The van der Waals surface area contributed by atoms with Crippen LogP contribution in [-0.4, -0.2) is 81.6 Å². The second-order valence-electron chi connectivity index (χ2n) is 8.46. The number of aromatic nitrogens is 2. The number of hydrogen-bond donors (Lipinski definition) is 0. The summed E-state index contributed by atoms with van der Waals surface area (Å²) in [6.45, 7) is 3.68. The molecule has 1 fully saturated rings. The van der Waals surface area contributed by atoms with E-state index >= 15 is 0 Å². The van der Waals surface area contributed by atoms with Crippen molar-refractivity contribution in [3.63, 3.8) is 0 Å². The number of alkyl halides is 3. The third kappa shape index (κ3) is 7.63. The van der Waals surface area contributed by atoms with Gasteiger partial charge in [-0.3, -0.25) is 0 Å². The van der Waals surface area contributed by atoms with Gasteiger partial charge in [0.15, 0.2) is 6.10 Å². The Labute approximate surface area is 218 Å². The highest BCUT2D eigenvalue weighted by Gasteiger charge is 2.46. The van der Waals surface area contributed by atoms with Crippen molar-refractivity contribution in [1.29, 1.82) is 0 Å². The van der Waals surface area contributed by atoms with Crippen LogP contribution >= 0.6 is 0 Å². The van der Waals surface area contributed by atoms with Crippen molar-refractivity contribution in [2.75, 3.05) is 33.3 Å². The van der Waals surface area contributed by atoms with E-state index in [1.807, 2.05) is 13.8 Å². The Kier molecular flexibility index (Phi) is 10.0. The maximum atomic E-state index is 12.4. The first-order valence-corrected chi connectivity index (χ1v) is 11.6. The van der Waals surface area contributed by atoms with E-state index in [9.17, 15) is 13.2 Å². The Bertz CT molecular complexity index is 1080. The number of ether oxygens (including phenoxy) is 5. The highest BCUT2D eigenvalue weighted by atomic mass is 19.4. The van der Waals surface area contributed by atoms with E-state index in [4.69, 9.17) is 23.8 Å². The first kappa shape index (κ1) is 29.3. The molecule has 10 nitrogen and oxygen atoms in total. The number of hydrogen-bond acceptors (Lipinski definition) is 10. The molecule has 13 heteroatoms. The zero-order valence-electron chi connectivity index (χ0n) is 21.9. The van der Waals surface area contributed by atoms with Gasteiger partial charge in [-0.25, -0.2) is 9.97 Å². The van der Waals surface area contributed by atoms with E-state index in [-0.39, 0.29) is 18.0 Å². The average molecular weight is 541 g/mol. The zero-order valence-corrected chi connectivity index (χ0v) is 21.9. The van der Waals surface area contributed by atoms with E-state index in [0.29, 0.717) is 17.2 Å². The predicted molar refractivity (Wildman–Crippen MR) is 133 cm³/mol. The quantitative estimate of drug-likeness (QED) is 0.322. The molecule has 0 bridgehead atoms. The van der Waals surface area contributed by atoms with Crippen LogP contribution in [0.3, 0.4) is 0 Å². The molecule has 1 unspecified atom stereocenters. The highest BCUT2D eigenvalue weighted by molar-refractivity contribution is 5.84. The van der Waals surface area contributed by atoms with Crippen molar-refractivity contribution < 1.29 is 41.7 Å². The van der Waals surface area contributed by atoms with Crippen LogP contribution in [0.4, 0.5) is 24.8 Å². The standard InChI is InChI=1S/C25H31F3N4O6/c1-15(12-31-38-23-22(35-6)21(34-5)20(33-4)16(2)36-23)11-17-13-29-24(30-14-17)32(3)18-7-9-19(10-8-18)37-25(26,27)28/h7-14,16,20-23H,1-6H3/b15-11+,31-12+/t16-,20-,21+,22+,23?/m0/s1. The van der Waals surface area contributed by atoms with Crippen LogP contribution in [0.1, 0.15) is 19.4 Å². The van der Waals surface area contributed by atoms with Crippen LogP contribution in [0.5, 0.6) is 5.75 Å². The van der Waals surface area contributed by atoms with Gasteiger partial charge in [-0.15, -0.1) is 13.2 Å². The molecule has 0 aliphatic carbocycles. The molecular formula is C25H31F3N4O6. The summed E-state index contributed by atoms with van der Waals surface area (Å²) in [5, 5.41) is 4.03. The van der Waals surface area contributed by atoms with Gasteiger partial charge < -0.3 is 33.4 Å². The van der Waals surface area contributed by atoms with Crippen molar-refractivity contribution in [2.24, 2.45) is 5.16 Å². The Balaban J connectivity index is 1.60. The van der Waals surface area contributed by atoms with Gasteiger partial charge in [-0.2, -0.15) is 0 Å². The fraction of sp³-hybridized carbons (Fsp3) is 0.480. The van der Waals surface area contributed by atoms with E-state index in [1.165, 1.54) is 37.6 Å². The Morgan fingerprint density at radius 2 is 1.61 bits per heavy atom. The molecule has 1 saturated heterocycles. The summed E-state index contributed by atoms with van der Waals surface area (Å²) in [4.78, 5) is 15.8. The number of rotatable bonds is 10. The molecule has 208 valence electrons. The molecule has 2 heterocycles. The van der Waals surface area contributed by atoms with Gasteiger partial charge in [0.2, 0.25) is 5.95 Å². The Morgan fingerprint density at radius 1 is 1.00 bits per heavy atom. The molecule has 1 aliphatic rings. The Morgan fingerprint density at radius 3 is 2.16 bits per heavy atom. The summed E-state index contributed by atoms with van der Waals surface area (Å²) in [6, 6.07) is 5.41. The number of nitrogens with zero attached hydrogens (tertiary/aromatic N) is 4. The monoisotopic (exact) mass is 540 g/mol. The summed E-state index contributed by atoms with van der Waals surface area (Å²) in [7, 11) is 6.39. The van der Waals surface area contributed by atoms with E-state index < -0.39 is 24.9 Å². The normalized spacial score (nSPS) is 24.4. The van der Waals surface area contributed by atoms with Gasteiger partial charge in [-0.1, -0.05) is 5.16 Å². The smallest absolute Gasteiger partial charge is 0.406 e. The minimum Gasteiger partial charge on any atom is -0.406 e. The lowest BCUT2D eigenvalue weighted by molar-refractivity contribution is -0.305. The largest absolute Gasteiger partial charge is 0.573 e. The lowest BCUT2D eigenvalue weighted by atomic mass is 9.99. The van der Waals surface area contributed by atoms with Crippen molar-refractivity contribution in [3.05, 3.63) is 47.8 Å². The average Bonchev–Trinajstić information content (AvgIpc) is 2.87. The van der Waals surface area contributed by atoms with Crippen molar-refractivity contribution in [1.82, 2.24) is 9.97 Å². The molecule has 0 amide bonds. The maximum Gasteiger partial charge on any atom is 0.573 e. The minimum absolute atomic E-state index is 0.298. The zero-order chi connectivity index (χ0) is 27.9. The van der Waals surface area contributed by atoms with E-state index in [0.717, 1.165) is 5.57 Å². The molecule has 0 radical (unpaired) electrons. The number of benzene rings is 1. The van der Waals surface area contributed by atoms with Crippen LogP contribution < -0.4 is 9.64 Å². The SMILES string of the molecule is CO[C@@H]1[C@@H](OC)[C@@H](OC)C(O/N=C/C(C)=C/c2cnc(N(C)c3ccc(OC(F)(F)F)cc3)nc2)O[C@H]1C. The van der Waals surface area contributed by atoms with E-state index in [1.54, 1.807) is 44.6 Å². The third-order valence-corrected chi connectivity index (χ3v) is 5.77. The van der Waals surface area contributed by atoms with Crippen molar-refractivity contribution in [3.8, 4) is 5.75 Å². The highest BCUT2D eigenvalue weighted by Crippen LogP contribution is 2.28. The van der Waals surface area contributed by atoms with E-state index in [2.05, 4.69) is 19.9 Å². The fourth-order valence-corrected chi connectivity index (χ4v) is 3.94. The molecule has 2 aromatic rings. The molecule has 0 saturated carbocycles. The second kappa shape index (κ2) is 13.0. The van der Waals surface area contributed by atoms with Gasteiger partial charge in [0.05, 0.1) is 12.3 Å². The predicted octanol–water partition coefficient (Wildman–Crippen LogP) is 4.34. The topological polar surface area (TPSA) is 96.8 Å². The minimum atomic E-state index is -4.75.